The Kier molecular flexibility index (Phi) is 6.74. The maximum atomic E-state index is 10.5. The van der Waals surface area contributed by atoms with E-state index in [0.29, 0.717) is 5.75 Å². The molecule has 1 nitrogen and oxygen atoms in total. The fourth-order valence-electron chi connectivity index (χ4n) is 3.67. The van der Waals surface area contributed by atoms with Crippen LogP contribution in [0.15, 0.2) is 6.07 Å². The highest BCUT2D eigenvalue weighted by Crippen LogP contribution is 2.40. The molecule has 1 N–H and O–H groups in total. The predicted molar refractivity (Wildman–Crippen MR) is 103 cm³/mol. The van der Waals surface area contributed by atoms with Gasteiger partial charge in [-0.3, -0.25) is 0 Å². The average molecular weight is 319 g/mol. The van der Waals surface area contributed by atoms with E-state index in [4.69, 9.17) is 0 Å². The van der Waals surface area contributed by atoms with Crippen LogP contribution in [0.2, 0.25) is 0 Å². The van der Waals surface area contributed by atoms with Crippen molar-refractivity contribution in [3.05, 3.63) is 28.3 Å². The number of phenolic OH excluding ortho intramolecular Hbond substituents is 1. The Labute approximate surface area is 144 Å². The summed E-state index contributed by atoms with van der Waals surface area (Å²) in [7, 11) is 0. The molecule has 0 radical (unpaired) electrons. The lowest BCUT2D eigenvalue weighted by Crippen LogP contribution is -2.22. The van der Waals surface area contributed by atoms with Crippen LogP contribution in [0, 0.1) is 6.92 Å². The van der Waals surface area contributed by atoms with Gasteiger partial charge in [-0.2, -0.15) is 0 Å². The Morgan fingerprint density at radius 3 is 1.91 bits per heavy atom. The second-order valence-electron chi connectivity index (χ2n) is 9.09. The topological polar surface area (TPSA) is 20.2 Å². The molecule has 0 bridgehead atoms. The van der Waals surface area contributed by atoms with Crippen LogP contribution in [-0.4, -0.2) is 5.11 Å². The zero-order valence-electron chi connectivity index (χ0n) is 16.8. The third-order valence-corrected chi connectivity index (χ3v) is 4.76. The minimum absolute atomic E-state index is 0.0571. The highest BCUT2D eigenvalue weighted by atomic mass is 16.3. The van der Waals surface area contributed by atoms with E-state index < -0.39 is 0 Å². The Balaban J connectivity index is 3.29. The molecule has 0 aliphatic carbocycles. The molecular weight excluding hydrogens is 280 g/mol. The maximum absolute atomic E-state index is 10.5. The van der Waals surface area contributed by atoms with Gasteiger partial charge in [0.1, 0.15) is 5.75 Å². The standard InChI is InChI=1S/C22H38O/c1-9-10-11-12-13-14-17-18(21(3,4)5)15-19(23)16(2)20(17)22(6,7)8/h15,23H,9-14H2,1-8H3. The summed E-state index contributed by atoms with van der Waals surface area (Å²) >= 11 is 0. The number of benzene rings is 1. The van der Waals surface area contributed by atoms with Gasteiger partial charge in [-0.1, -0.05) is 74.1 Å². The molecule has 0 fully saturated rings. The molecule has 0 aliphatic rings. The van der Waals surface area contributed by atoms with Crippen LogP contribution in [0.3, 0.4) is 0 Å². The van der Waals surface area contributed by atoms with Crippen LogP contribution in [0.25, 0.3) is 0 Å². The molecular formula is C22H38O. The first-order valence-corrected chi connectivity index (χ1v) is 9.36. The molecule has 1 heteroatoms. The largest absolute Gasteiger partial charge is 0.508 e. The van der Waals surface area contributed by atoms with E-state index >= 15 is 0 Å². The third kappa shape index (κ3) is 5.26. The van der Waals surface area contributed by atoms with Crippen molar-refractivity contribution in [1.29, 1.82) is 0 Å². The van der Waals surface area contributed by atoms with Gasteiger partial charge in [0.2, 0.25) is 0 Å². The first kappa shape index (κ1) is 20.1. The van der Waals surface area contributed by atoms with Crippen molar-refractivity contribution in [1.82, 2.24) is 0 Å². The number of hydrogen-bond donors (Lipinski definition) is 1. The minimum Gasteiger partial charge on any atom is -0.508 e. The van der Waals surface area contributed by atoms with Gasteiger partial charge in [0.15, 0.2) is 0 Å². The molecule has 1 aromatic carbocycles. The summed E-state index contributed by atoms with van der Waals surface area (Å²) in [6, 6.07) is 2.02. The first-order valence-electron chi connectivity index (χ1n) is 9.36. The molecule has 0 amide bonds. The summed E-state index contributed by atoms with van der Waals surface area (Å²) in [4.78, 5) is 0. The maximum Gasteiger partial charge on any atom is 0.119 e. The van der Waals surface area contributed by atoms with Gasteiger partial charge in [0, 0.05) is 0 Å². The lowest BCUT2D eigenvalue weighted by molar-refractivity contribution is 0.457. The van der Waals surface area contributed by atoms with Crippen LogP contribution < -0.4 is 0 Å². The molecule has 0 saturated heterocycles. The lowest BCUT2D eigenvalue weighted by atomic mass is 9.73. The molecule has 0 unspecified atom stereocenters. The van der Waals surface area contributed by atoms with Crippen molar-refractivity contribution in [3.8, 4) is 5.75 Å². The molecule has 1 aromatic rings. The normalized spacial score (nSPS) is 12.7. The van der Waals surface area contributed by atoms with Gasteiger partial charge in [-0.25, -0.2) is 0 Å². The highest BCUT2D eigenvalue weighted by Gasteiger charge is 2.28. The van der Waals surface area contributed by atoms with E-state index in [2.05, 4.69) is 55.4 Å². The number of unbranched alkanes of at least 4 members (excludes halogenated alkanes) is 4. The van der Waals surface area contributed by atoms with Gasteiger partial charge in [-0.15, -0.1) is 0 Å². The molecule has 1 rings (SSSR count). The molecule has 0 aliphatic heterocycles. The first-order chi connectivity index (χ1) is 10.5. The SMILES string of the molecule is CCCCCCCc1c(C(C)(C)C)cc(O)c(C)c1C(C)(C)C. The van der Waals surface area contributed by atoms with E-state index in [-0.39, 0.29) is 10.8 Å². The van der Waals surface area contributed by atoms with Gasteiger partial charge >= 0.3 is 0 Å². The summed E-state index contributed by atoms with van der Waals surface area (Å²) in [5.74, 6) is 0.453. The Hall–Kier alpha value is -0.980. The quantitative estimate of drug-likeness (QED) is 0.571. The van der Waals surface area contributed by atoms with Crippen molar-refractivity contribution in [2.24, 2.45) is 0 Å². The Morgan fingerprint density at radius 2 is 1.43 bits per heavy atom. The molecule has 0 heterocycles. The van der Waals surface area contributed by atoms with E-state index in [1.807, 2.05) is 6.07 Å². The fraction of sp³-hybridized carbons (Fsp3) is 0.727. The molecule has 0 aromatic heterocycles. The summed E-state index contributed by atoms with van der Waals surface area (Å²) in [6.07, 6.45) is 7.65. The third-order valence-electron chi connectivity index (χ3n) is 4.76. The minimum atomic E-state index is 0.0571. The van der Waals surface area contributed by atoms with Gasteiger partial charge in [0.25, 0.3) is 0 Å². The predicted octanol–water partition coefficient (Wildman–Crippen LogP) is 6.81. The van der Waals surface area contributed by atoms with Gasteiger partial charge < -0.3 is 5.11 Å². The van der Waals surface area contributed by atoms with E-state index in [1.165, 1.54) is 48.8 Å². The van der Waals surface area contributed by atoms with Crippen molar-refractivity contribution >= 4 is 0 Å². The van der Waals surface area contributed by atoms with Crippen molar-refractivity contribution < 1.29 is 5.11 Å². The van der Waals surface area contributed by atoms with Crippen molar-refractivity contribution in [2.45, 2.75) is 105 Å². The van der Waals surface area contributed by atoms with Crippen molar-refractivity contribution in [3.63, 3.8) is 0 Å². The van der Waals surface area contributed by atoms with E-state index in [1.54, 1.807) is 0 Å². The summed E-state index contributed by atoms with van der Waals surface area (Å²) in [5.41, 5.74) is 5.34. The highest BCUT2D eigenvalue weighted by molar-refractivity contribution is 5.53. The molecule has 132 valence electrons. The summed E-state index contributed by atoms with van der Waals surface area (Å²) < 4.78 is 0. The summed E-state index contributed by atoms with van der Waals surface area (Å²) in [5, 5.41) is 10.5. The molecule has 23 heavy (non-hydrogen) atoms. The van der Waals surface area contributed by atoms with E-state index in [0.717, 1.165) is 12.0 Å². The smallest absolute Gasteiger partial charge is 0.119 e. The van der Waals surface area contributed by atoms with Crippen LogP contribution in [-0.2, 0) is 17.3 Å². The zero-order chi connectivity index (χ0) is 17.8. The fourth-order valence-corrected chi connectivity index (χ4v) is 3.67. The van der Waals surface area contributed by atoms with Gasteiger partial charge in [-0.05, 0) is 58.9 Å². The Morgan fingerprint density at radius 1 is 0.870 bits per heavy atom. The number of rotatable bonds is 6. The second kappa shape index (κ2) is 7.73. The van der Waals surface area contributed by atoms with E-state index in [9.17, 15) is 5.11 Å². The second-order valence-corrected chi connectivity index (χ2v) is 9.09. The summed E-state index contributed by atoms with van der Waals surface area (Å²) in [6.45, 7) is 17.9. The number of phenols is 1. The van der Waals surface area contributed by atoms with Crippen molar-refractivity contribution in [2.75, 3.05) is 0 Å². The number of aromatic hydroxyl groups is 1. The Bertz CT molecular complexity index is 512. The molecule has 0 atom stereocenters. The average Bonchev–Trinajstić information content (AvgIpc) is 2.39. The van der Waals surface area contributed by atoms with Gasteiger partial charge in [0.05, 0.1) is 0 Å². The van der Waals surface area contributed by atoms with Crippen LogP contribution in [0.1, 0.15) is 103 Å². The van der Waals surface area contributed by atoms with Crippen LogP contribution in [0.5, 0.6) is 5.75 Å². The zero-order valence-corrected chi connectivity index (χ0v) is 16.8. The molecule has 0 saturated carbocycles. The molecule has 0 spiro atoms. The lowest BCUT2D eigenvalue weighted by Gasteiger charge is -2.32. The van der Waals surface area contributed by atoms with Crippen LogP contribution >= 0.6 is 0 Å². The van der Waals surface area contributed by atoms with Crippen LogP contribution in [0.4, 0.5) is 0 Å². The number of hydrogen-bond acceptors (Lipinski definition) is 1. The monoisotopic (exact) mass is 318 g/mol.